The third kappa shape index (κ3) is 3.76. The van der Waals surface area contributed by atoms with Crippen molar-refractivity contribution < 1.29 is 9.90 Å². The molecule has 0 aromatic rings. The van der Waals surface area contributed by atoms with Crippen molar-refractivity contribution in [3.8, 4) is 0 Å². The summed E-state index contributed by atoms with van der Waals surface area (Å²) in [5.74, 6) is 0.0950. The van der Waals surface area contributed by atoms with Crippen molar-refractivity contribution >= 4 is 5.78 Å². The molecule has 0 rings (SSSR count). The molecule has 9 heavy (non-hydrogen) atoms. The van der Waals surface area contributed by atoms with E-state index in [0.29, 0.717) is 0 Å². The van der Waals surface area contributed by atoms with Gasteiger partial charge in [0.2, 0.25) is 0 Å². The largest absolute Gasteiger partial charge is 0.512 e. The number of hydrogen-bond donors (Lipinski definition) is 1. The molecule has 0 saturated heterocycles. The summed E-state index contributed by atoms with van der Waals surface area (Å²) in [7, 11) is 0. The predicted octanol–water partition coefficient (Wildman–Crippen LogP) is 1.67. The first-order valence-electron chi connectivity index (χ1n) is 2.95. The average Bonchev–Trinajstić information content (AvgIpc) is 1.63. The topological polar surface area (TPSA) is 37.3 Å². The molecule has 0 spiro atoms. The number of rotatable bonds is 2. The number of carbonyl (C=O) groups is 1. The van der Waals surface area contributed by atoms with Crippen LogP contribution >= 0.6 is 0 Å². The Balaban J connectivity index is 4.00. The molecular weight excluding hydrogens is 116 g/mol. The highest BCUT2D eigenvalue weighted by atomic mass is 16.3. The second kappa shape index (κ2) is 3.28. The van der Waals surface area contributed by atoms with Gasteiger partial charge in [0.05, 0.1) is 5.76 Å². The molecule has 0 unspecified atom stereocenters. The molecule has 2 nitrogen and oxygen atoms in total. The Kier molecular flexibility index (Phi) is 2.99. The average molecular weight is 128 g/mol. The minimum Gasteiger partial charge on any atom is -0.512 e. The molecule has 0 aliphatic rings. The SMILES string of the molecule is CC(=O)C=C(O)C(C)C. The fourth-order valence-electron chi connectivity index (χ4n) is 0.375. The maximum atomic E-state index is 10.3. The molecule has 0 radical (unpaired) electrons. The molecule has 0 aliphatic carbocycles. The van der Waals surface area contributed by atoms with Gasteiger partial charge in [0.25, 0.3) is 0 Å². The maximum Gasteiger partial charge on any atom is 0.155 e. The van der Waals surface area contributed by atoms with Gasteiger partial charge in [0.15, 0.2) is 5.78 Å². The van der Waals surface area contributed by atoms with Crippen LogP contribution in [0.25, 0.3) is 0 Å². The van der Waals surface area contributed by atoms with Crippen LogP contribution in [0.1, 0.15) is 20.8 Å². The van der Waals surface area contributed by atoms with Gasteiger partial charge in [0, 0.05) is 12.0 Å². The summed E-state index contributed by atoms with van der Waals surface area (Å²) in [6.07, 6.45) is 1.24. The molecule has 0 aromatic heterocycles. The summed E-state index contributed by atoms with van der Waals surface area (Å²) in [6, 6.07) is 0. The van der Waals surface area contributed by atoms with E-state index in [0.717, 1.165) is 0 Å². The van der Waals surface area contributed by atoms with Crippen LogP contribution in [0.2, 0.25) is 0 Å². The zero-order valence-electron chi connectivity index (χ0n) is 6.01. The van der Waals surface area contributed by atoms with Gasteiger partial charge >= 0.3 is 0 Å². The van der Waals surface area contributed by atoms with Crippen LogP contribution in [0.3, 0.4) is 0 Å². The Morgan fingerprint density at radius 2 is 2.00 bits per heavy atom. The van der Waals surface area contributed by atoms with E-state index in [1.54, 1.807) is 0 Å². The smallest absolute Gasteiger partial charge is 0.155 e. The van der Waals surface area contributed by atoms with E-state index in [9.17, 15) is 4.79 Å². The molecule has 0 heterocycles. The van der Waals surface area contributed by atoms with Gasteiger partial charge in [-0.25, -0.2) is 0 Å². The standard InChI is InChI=1S/C7H12O2/c1-5(2)7(9)4-6(3)8/h4-5,9H,1-3H3. The van der Waals surface area contributed by atoms with Crippen LogP contribution < -0.4 is 0 Å². The zero-order chi connectivity index (χ0) is 7.44. The van der Waals surface area contributed by atoms with Gasteiger partial charge in [-0.3, -0.25) is 4.79 Å². The van der Waals surface area contributed by atoms with E-state index in [4.69, 9.17) is 5.11 Å². The fourth-order valence-corrected chi connectivity index (χ4v) is 0.375. The third-order valence-corrected chi connectivity index (χ3v) is 0.943. The molecule has 0 aromatic carbocycles. The predicted molar refractivity (Wildman–Crippen MR) is 36.2 cm³/mol. The number of aliphatic hydroxyl groups excluding tert-OH is 1. The second-order valence-electron chi connectivity index (χ2n) is 2.33. The zero-order valence-corrected chi connectivity index (χ0v) is 6.01. The lowest BCUT2D eigenvalue weighted by atomic mass is 10.1. The molecule has 0 saturated carbocycles. The summed E-state index contributed by atoms with van der Waals surface area (Å²) in [5, 5.41) is 8.94. The molecule has 0 fully saturated rings. The second-order valence-corrected chi connectivity index (χ2v) is 2.33. The summed E-state index contributed by atoms with van der Waals surface area (Å²) in [5.41, 5.74) is 0. The van der Waals surface area contributed by atoms with Crippen molar-refractivity contribution in [2.45, 2.75) is 20.8 Å². The fraction of sp³-hybridized carbons (Fsp3) is 0.571. The summed E-state index contributed by atoms with van der Waals surface area (Å²) >= 11 is 0. The van der Waals surface area contributed by atoms with Gasteiger partial charge in [-0.15, -0.1) is 0 Å². The molecule has 0 atom stereocenters. The normalized spacial score (nSPS) is 12.2. The first-order chi connectivity index (χ1) is 4.04. The number of hydrogen-bond acceptors (Lipinski definition) is 2. The van der Waals surface area contributed by atoms with E-state index in [1.165, 1.54) is 13.0 Å². The van der Waals surface area contributed by atoms with Crippen molar-refractivity contribution in [1.82, 2.24) is 0 Å². The van der Waals surface area contributed by atoms with Crippen molar-refractivity contribution in [1.29, 1.82) is 0 Å². The Morgan fingerprint density at radius 1 is 1.56 bits per heavy atom. The number of ketones is 1. The minimum absolute atomic E-state index is 0.0499. The van der Waals surface area contributed by atoms with E-state index < -0.39 is 0 Å². The molecule has 1 N–H and O–H groups in total. The van der Waals surface area contributed by atoms with Crippen molar-refractivity contribution in [3.63, 3.8) is 0 Å². The summed E-state index contributed by atoms with van der Waals surface area (Å²) in [4.78, 5) is 10.3. The highest BCUT2D eigenvalue weighted by Gasteiger charge is 1.99. The lowest BCUT2D eigenvalue weighted by molar-refractivity contribution is -0.112. The molecular formula is C7H12O2. The van der Waals surface area contributed by atoms with Crippen molar-refractivity contribution in [2.75, 3.05) is 0 Å². The van der Waals surface area contributed by atoms with Gasteiger partial charge in [-0.2, -0.15) is 0 Å². The van der Waals surface area contributed by atoms with Crippen LogP contribution in [0.5, 0.6) is 0 Å². The first kappa shape index (κ1) is 8.21. The monoisotopic (exact) mass is 128 g/mol. The lowest BCUT2D eigenvalue weighted by Gasteiger charge is -1.99. The van der Waals surface area contributed by atoms with Gasteiger partial charge in [-0.05, 0) is 6.92 Å². The van der Waals surface area contributed by atoms with Crippen LogP contribution in [0, 0.1) is 5.92 Å². The highest BCUT2D eigenvalue weighted by molar-refractivity contribution is 5.87. The first-order valence-corrected chi connectivity index (χ1v) is 2.95. The van der Waals surface area contributed by atoms with Crippen LogP contribution in [-0.2, 0) is 4.79 Å². The van der Waals surface area contributed by atoms with Crippen molar-refractivity contribution in [2.24, 2.45) is 5.92 Å². The van der Waals surface area contributed by atoms with E-state index in [2.05, 4.69) is 0 Å². The van der Waals surface area contributed by atoms with Crippen LogP contribution in [0.4, 0.5) is 0 Å². The van der Waals surface area contributed by atoms with Gasteiger partial charge in [-0.1, -0.05) is 13.8 Å². The Morgan fingerprint density at radius 3 is 2.11 bits per heavy atom. The molecule has 0 bridgehead atoms. The van der Waals surface area contributed by atoms with Crippen LogP contribution in [0.15, 0.2) is 11.8 Å². The number of carbonyl (C=O) groups excluding carboxylic acids is 1. The van der Waals surface area contributed by atoms with Crippen LogP contribution in [-0.4, -0.2) is 10.9 Å². The maximum absolute atomic E-state index is 10.3. The van der Waals surface area contributed by atoms with E-state index in [-0.39, 0.29) is 17.5 Å². The van der Waals surface area contributed by atoms with E-state index in [1.807, 2.05) is 13.8 Å². The molecule has 52 valence electrons. The third-order valence-electron chi connectivity index (χ3n) is 0.943. The summed E-state index contributed by atoms with van der Waals surface area (Å²) < 4.78 is 0. The van der Waals surface area contributed by atoms with E-state index >= 15 is 0 Å². The minimum atomic E-state index is -0.110. The highest BCUT2D eigenvalue weighted by Crippen LogP contribution is 2.03. The number of allylic oxidation sites excluding steroid dienone is 2. The number of aliphatic hydroxyl groups is 1. The quantitative estimate of drug-likeness (QED) is 0.453. The molecule has 0 aliphatic heterocycles. The molecule has 0 amide bonds. The Hall–Kier alpha value is -0.790. The molecule has 2 heteroatoms. The van der Waals surface area contributed by atoms with Crippen molar-refractivity contribution in [3.05, 3.63) is 11.8 Å². The van der Waals surface area contributed by atoms with Gasteiger partial charge < -0.3 is 5.11 Å². The summed E-state index contributed by atoms with van der Waals surface area (Å²) in [6.45, 7) is 5.07. The lowest BCUT2D eigenvalue weighted by Crippen LogP contribution is -1.95. The van der Waals surface area contributed by atoms with Gasteiger partial charge in [0.1, 0.15) is 0 Å². The Labute approximate surface area is 55.2 Å². The Bertz CT molecular complexity index is 134.